The molecule has 30 heavy (non-hydrogen) atoms. The van der Waals surface area contributed by atoms with E-state index in [4.69, 9.17) is 4.74 Å². The van der Waals surface area contributed by atoms with Gasteiger partial charge in [0.2, 0.25) is 0 Å². The zero-order valence-corrected chi connectivity index (χ0v) is 18.4. The monoisotopic (exact) mass is 417 g/mol. The van der Waals surface area contributed by atoms with E-state index < -0.39 is 0 Å². The van der Waals surface area contributed by atoms with E-state index in [1.54, 1.807) is 18.4 Å². The minimum atomic E-state index is 0.685. The standard InChI is InChI=1S/C25H27N3OS/c1-27-8-3-4-18(14-27)15-28-16-24(23-11-22(29-2)5-6-25(23)28)21-10-20(12-26-13-21)19-7-9-30-17-19/h5-7,9-13,16-18H,3-4,8,14-15H2,1-2H3. The first-order chi connectivity index (χ1) is 14.7. The van der Waals surface area contributed by atoms with Gasteiger partial charge in [0.15, 0.2) is 0 Å². The Bertz CT molecular complexity index is 1150. The van der Waals surface area contributed by atoms with Crippen LogP contribution in [-0.4, -0.2) is 41.7 Å². The first-order valence-corrected chi connectivity index (χ1v) is 11.5. The van der Waals surface area contributed by atoms with Gasteiger partial charge < -0.3 is 14.2 Å². The second kappa shape index (κ2) is 8.25. The summed E-state index contributed by atoms with van der Waals surface area (Å²) in [6.07, 6.45) is 8.82. The third kappa shape index (κ3) is 3.75. The van der Waals surface area contributed by atoms with Crippen LogP contribution in [0.25, 0.3) is 33.2 Å². The van der Waals surface area contributed by atoms with Crippen molar-refractivity contribution in [3.63, 3.8) is 0 Å². The molecule has 0 saturated carbocycles. The number of pyridine rings is 1. The van der Waals surface area contributed by atoms with Crippen LogP contribution in [0.2, 0.25) is 0 Å². The van der Waals surface area contributed by atoms with E-state index in [1.807, 2.05) is 12.4 Å². The van der Waals surface area contributed by atoms with Crippen LogP contribution < -0.4 is 4.74 Å². The third-order valence-electron chi connectivity index (χ3n) is 6.17. The van der Waals surface area contributed by atoms with Gasteiger partial charge in [-0.25, -0.2) is 0 Å². The van der Waals surface area contributed by atoms with Crippen molar-refractivity contribution in [3.05, 3.63) is 59.7 Å². The molecule has 154 valence electrons. The van der Waals surface area contributed by atoms with E-state index in [9.17, 15) is 0 Å². The summed E-state index contributed by atoms with van der Waals surface area (Å²) in [5.41, 5.74) is 6.02. The number of aromatic nitrogens is 2. The minimum Gasteiger partial charge on any atom is -0.497 e. The molecule has 0 spiro atoms. The first-order valence-electron chi connectivity index (χ1n) is 10.5. The van der Waals surface area contributed by atoms with E-state index >= 15 is 0 Å². The Hall–Kier alpha value is -2.63. The Morgan fingerprint density at radius 1 is 1.13 bits per heavy atom. The molecule has 1 aliphatic heterocycles. The predicted molar refractivity (Wildman–Crippen MR) is 125 cm³/mol. The van der Waals surface area contributed by atoms with Crippen molar-refractivity contribution in [2.75, 3.05) is 27.2 Å². The van der Waals surface area contributed by atoms with Crippen LogP contribution in [0, 0.1) is 5.92 Å². The van der Waals surface area contributed by atoms with Crippen molar-refractivity contribution in [3.8, 4) is 28.0 Å². The summed E-state index contributed by atoms with van der Waals surface area (Å²) < 4.78 is 7.97. The number of piperidine rings is 1. The van der Waals surface area contributed by atoms with Gasteiger partial charge in [0.25, 0.3) is 0 Å². The predicted octanol–water partition coefficient (Wildman–Crippen LogP) is 5.78. The number of benzene rings is 1. The maximum atomic E-state index is 5.54. The van der Waals surface area contributed by atoms with Gasteiger partial charge in [0.1, 0.15) is 5.75 Å². The largest absolute Gasteiger partial charge is 0.497 e. The maximum absolute atomic E-state index is 5.54. The average Bonchev–Trinajstić information content (AvgIpc) is 3.42. The number of fused-ring (bicyclic) bond motifs is 1. The van der Waals surface area contributed by atoms with Gasteiger partial charge in [-0.2, -0.15) is 11.3 Å². The van der Waals surface area contributed by atoms with Crippen molar-refractivity contribution in [2.24, 2.45) is 5.92 Å². The zero-order chi connectivity index (χ0) is 20.5. The summed E-state index contributed by atoms with van der Waals surface area (Å²) in [6.45, 7) is 3.43. The topological polar surface area (TPSA) is 30.3 Å². The van der Waals surface area contributed by atoms with Crippen LogP contribution in [-0.2, 0) is 6.54 Å². The fraction of sp³-hybridized carbons (Fsp3) is 0.320. The van der Waals surface area contributed by atoms with E-state index in [1.165, 1.54) is 48.0 Å². The van der Waals surface area contributed by atoms with Crippen LogP contribution in [0.4, 0.5) is 0 Å². The number of thiophene rings is 1. The van der Waals surface area contributed by atoms with E-state index in [2.05, 4.69) is 68.8 Å². The van der Waals surface area contributed by atoms with Gasteiger partial charge in [-0.15, -0.1) is 0 Å². The molecular weight excluding hydrogens is 390 g/mol. The third-order valence-corrected chi connectivity index (χ3v) is 6.85. The lowest BCUT2D eigenvalue weighted by atomic mass is 9.98. The van der Waals surface area contributed by atoms with Gasteiger partial charge in [-0.3, -0.25) is 4.98 Å². The number of hydrogen-bond acceptors (Lipinski definition) is 4. The Morgan fingerprint density at radius 3 is 2.83 bits per heavy atom. The molecule has 0 N–H and O–H groups in total. The van der Waals surface area contributed by atoms with Crippen LogP contribution >= 0.6 is 11.3 Å². The number of nitrogens with zero attached hydrogens (tertiary/aromatic N) is 3. The highest BCUT2D eigenvalue weighted by molar-refractivity contribution is 7.08. The fourth-order valence-electron chi connectivity index (χ4n) is 4.66. The number of methoxy groups -OCH3 is 1. The van der Waals surface area contributed by atoms with Gasteiger partial charge in [-0.1, -0.05) is 0 Å². The summed E-state index contributed by atoms with van der Waals surface area (Å²) >= 11 is 1.71. The highest BCUT2D eigenvalue weighted by atomic mass is 32.1. The van der Waals surface area contributed by atoms with E-state index in [-0.39, 0.29) is 0 Å². The molecule has 5 rings (SSSR count). The van der Waals surface area contributed by atoms with Crippen molar-refractivity contribution in [2.45, 2.75) is 19.4 Å². The lowest BCUT2D eigenvalue weighted by molar-refractivity contribution is 0.196. The molecular formula is C25H27N3OS. The lowest BCUT2D eigenvalue weighted by Gasteiger charge is -2.30. The maximum Gasteiger partial charge on any atom is 0.119 e. The normalized spacial score (nSPS) is 17.5. The summed E-state index contributed by atoms with van der Waals surface area (Å²) in [4.78, 5) is 7.02. The molecule has 1 atom stereocenters. The number of likely N-dealkylation sites (tertiary alicyclic amines) is 1. The molecule has 1 aromatic carbocycles. The summed E-state index contributed by atoms with van der Waals surface area (Å²) in [5.74, 6) is 1.57. The average molecular weight is 418 g/mol. The Labute approximate surface area is 181 Å². The molecule has 1 saturated heterocycles. The van der Waals surface area contributed by atoms with E-state index in [0.717, 1.165) is 23.4 Å². The molecule has 1 unspecified atom stereocenters. The zero-order valence-electron chi connectivity index (χ0n) is 17.5. The van der Waals surface area contributed by atoms with E-state index in [0.29, 0.717) is 5.92 Å². The molecule has 0 radical (unpaired) electrons. The molecule has 4 heterocycles. The highest BCUT2D eigenvalue weighted by Gasteiger charge is 2.20. The first kappa shape index (κ1) is 19.3. The van der Waals surface area contributed by atoms with Crippen molar-refractivity contribution in [1.29, 1.82) is 0 Å². The van der Waals surface area contributed by atoms with Crippen LogP contribution in [0.1, 0.15) is 12.8 Å². The SMILES string of the molecule is COc1ccc2c(c1)c(-c1cncc(-c3ccsc3)c1)cn2CC1CCCN(C)C1. The molecule has 4 nitrogen and oxygen atoms in total. The highest BCUT2D eigenvalue weighted by Crippen LogP contribution is 2.35. The lowest BCUT2D eigenvalue weighted by Crippen LogP contribution is -2.33. The molecule has 0 bridgehead atoms. The molecule has 0 amide bonds. The molecule has 1 aliphatic rings. The van der Waals surface area contributed by atoms with Crippen molar-refractivity contribution < 1.29 is 4.74 Å². The summed E-state index contributed by atoms with van der Waals surface area (Å²) in [7, 11) is 3.96. The van der Waals surface area contributed by atoms with Crippen LogP contribution in [0.3, 0.4) is 0 Å². The van der Waals surface area contributed by atoms with Gasteiger partial charge >= 0.3 is 0 Å². The second-order valence-electron chi connectivity index (χ2n) is 8.32. The fourth-order valence-corrected chi connectivity index (χ4v) is 5.32. The molecule has 3 aromatic heterocycles. The Morgan fingerprint density at radius 2 is 2.03 bits per heavy atom. The van der Waals surface area contributed by atoms with Crippen LogP contribution in [0.15, 0.2) is 59.7 Å². The van der Waals surface area contributed by atoms with Gasteiger partial charge in [0, 0.05) is 59.3 Å². The van der Waals surface area contributed by atoms with Gasteiger partial charge in [-0.05, 0) is 79.0 Å². The second-order valence-corrected chi connectivity index (χ2v) is 9.10. The van der Waals surface area contributed by atoms with Crippen molar-refractivity contribution in [1.82, 2.24) is 14.5 Å². The Kier molecular flexibility index (Phi) is 5.32. The quantitative estimate of drug-likeness (QED) is 0.412. The Balaban J connectivity index is 1.58. The number of rotatable bonds is 5. The minimum absolute atomic E-state index is 0.685. The number of hydrogen-bond donors (Lipinski definition) is 0. The smallest absolute Gasteiger partial charge is 0.119 e. The molecule has 0 aliphatic carbocycles. The number of ether oxygens (including phenoxy) is 1. The van der Waals surface area contributed by atoms with Crippen molar-refractivity contribution >= 4 is 22.2 Å². The molecule has 5 heteroatoms. The summed E-state index contributed by atoms with van der Waals surface area (Å²) in [6, 6.07) is 10.8. The molecule has 1 fully saturated rings. The molecule has 4 aromatic rings. The van der Waals surface area contributed by atoms with Gasteiger partial charge in [0.05, 0.1) is 7.11 Å². The summed E-state index contributed by atoms with van der Waals surface area (Å²) in [5, 5.41) is 5.51. The van der Waals surface area contributed by atoms with Crippen LogP contribution in [0.5, 0.6) is 5.75 Å².